The predicted octanol–water partition coefficient (Wildman–Crippen LogP) is 3.87. The van der Waals surface area contributed by atoms with E-state index in [9.17, 15) is 18.0 Å². The SMILES string of the molecule is NC(=O)c1ccc(-c2nccc(NCc3cccc(C(F)(F)F)c3)n2)cc1. The van der Waals surface area contributed by atoms with Gasteiger partial charge in [-0.1, -0.05) is 24.3 Å². The third-order valence-corrected chi connectivity index (χ3v) is 3.81. The van der Waals surface area contributed by atoms with E-state index in [1.165, 1.54) is 6.07 Å². The number of alkyl halides is 3. The van der Waals surface area contributed by atoms with Crippen molar-refractivity contribution in [1.29, 1.82) is 0 Å². The largest absolute Gasteiger partial charge is 0.416 e. The minimum Gasteiger partial charge on any atom is -0.366 e. The fraction of sp³-hybridized carbons (Fsp3) is 0.105. The smallest absolute Gasteiger partial charge is 0.366 e. The van der Waals surface area contributed by atoms with Crippen molar-refractivity contribution in [1.82, 2.24) is 9.97 Å². The number of benzene rings is 2. The number of carbonyl (C=O) groups is 1. The maximum Gasteiger partial charge on any atom is 0.416 e. The zero-order valence-electron chi connectivity index (χ0n) is 14.0. The molecule has 2 aromatic carbocycles. The molecule has 0 bridgehead atoms. The van der Waals surface area contributed by atoms with E-state index < -0.39 is 17.6 Å². The van der Waals surface area contributed by atoms with Crippen molar-refractivity contribution in [3.8, 4) is 11.4 Å². The van der Waals surface area contributed by atoms with E-state index in [2.05, 4.69) is 15.3 Å². The quantitative estimate of drug-likeness (QED) is 0.712. The van der Waals surface area contributed by atoms with E-state index in [0.717, 1.165) is 12.1 Å². The Hall–Kier alpha value is -3.42. The van der Waals surface area contributed by atoms with Crippen molar-refractivity contribution in [2.75, 3.05) is 5.32 Å². The molecule has 1 heterocycles. The Labute approximate surface area is 153 Å². The fourth-order valence-electron chi connectivity index (χ4n) is 2.43. The molecule has 0 unspecified atom stereocenters. The normalized spacial score (nSPS) is 11.2. The zero-order chi connectivity index (χ0) is 19.4. The molecular formula is C19H15F3N4O. The molecule has 0 saturated heterocycles. The first-order valence-corrected chi connectivity index (χ1v) is 7.96. The summed E-state index contributed by atoms with van der Waals surface area (Å²) >= 11 is 0. The number of hydrogen-bond acceptors (Lipinski definition) is 4. The van der Waals surface area contributed by atoms with Crippen LogP contribution in [-0.2, 0) is 12.7 Å². The highest BCUT2D eigenvalue weighted by molar-refractivity contribution is 5.93. The molecule has 138 valence electrons. The topological polar surface area (TPSA) is 80.9 Å². The predicted molar refractivity (Wildman–Crippen MR) is 94.8 cm³/mol. The lowest BCUT2D eigenvalue weighted by Gasteiger charge is -2.10. The van der Waals surface area contributed by atoms with Gasteiger partial charge in [0, 0.05) is 23.9 Å². The Kier molecular flexibility index (Phi) is 5.07. The van der Waals surface area contributed by atoms with Crippen molar-refractivity contribution in [2.45, 2.75) is 12.7 Å². The summed E-state index contributed by atoms with van der Waals surface area (Å²) in [5.74, 6) is 0.357. The van der Waals surface area contributed by atoms with Crippen LogP contribution in [0.4, 0.5) is 19.0 Å². The molecule has 5 nitrogen and oxygen atoms in total. The van der Waals surface area contributed by atoms with Gasteiger partial charge in [-0.3, -0.25) is 4.79 Å². The second kappa shape index (κ2) is 7.45. The summed E-state index contributed by atoms with van der Waals surface area (Å²) in [6.45, 7) is 0.182. The average molecular weight is 372 g/mol. The zero-order valence-corrected chi connectivity index (χ0v) is 14.0. The molecular weight excluding hydrogens is 357 g/mol. The summed E-state index contributed by atoms with van der Waals surface area (Å²) in [6.07, 6.45) is -2.84. The van der Waals surface area contributed by atoms with Crippen LogP contribution < -0.4 is 11.1 Å². The third-order valence-electron chi connectivity index (χ3n) is 3.81. The van der Waals surface area contributed by atoms with Gasteiger partial charge in [-0.2, -0.15) is 13.2 Å². The van der Waals surface area contributed by atoms with Crippen LogP contribution in [0.3, 0.4) is 0 Å². The molecule has 0 atom stereocenters. The van der Waals surface area contributed by atoms with Gasteiger partial charge >= 0.3 is 6.18 Å². The Morgan fingerprint density at radius 1 is 1.07 bits per heavy atom. The molecule has 1 amide bonds. The number of amides is 1. The molecule has 0 aliphatic heterocycles. The molecule has 0 fully saturated rings. The van der Waals surface area contributed by atoms with Crippen LogP contribution >= 0.6 is 0 Å². The first-order chi connectivity index (χ1) is 12.8. The molecule has 3 aromatic rings. The van der Waals surface area contributed by atoms with Gasteiger partial charge < -0.3 is 11.1 Å². The molecule has 8 heteroatoms. The molecule has 0 aliphatic carbocycles. The van der Waals surface area contributed by atoms with Gasteiger partial charge in [0.2, 0.25) is 5.91 Å². The first-order valence-electron chi connectivity index (χ1n) is 7.96. The van der Waals surface area contributed by atoms with Crippen molar-refractivity contribution >= 4 is 11.7 Å². The van der Waals surface area contributed by atoms with Crippen LogP contribution in [0, 0.1) is 0 Å². The van der Waals surface area contributed by atoms with Crippen LogP contribution in [0.25, 0.3) is 11.4 Å². The second-order valence-corrected chi connectivity index (χ2v) is 5.76. The fourth-order valence-corrected chi connectivity index (χ4v) is 2.43. The summed E-state index contributed by atoms with van der Waals surface area (Å²) in [4.78, 5) is 19.6. The van der Waals surface area contributed by atoms with Gasteiger partial charge in [-0.15, -0.1) is 0 Å². The molecule has 27 heavy (non-hydrogen) atoms. The summed E-state index contributed by atoms with van der Waals surface area (Å²) in [6, 6.07) is 13.2. The van der Waals surface area contributed by atoms with E-state index in [0.29, 0.717) is 28.3 Å². The number of halogens is 3. The van der Waals surface area contributed by atoms with E-state index >= 15 is 0 Å². The number of hydrogen-bond donors (Lipinski definition) is 2. The van der Waals surface area contributed by atoms with E-state index in [4.69, 9.17) is 5.73 Å². The Bertz CT molecular complexity index is 956. The highest BCUT2D eigenvalue weighted by atomic mass is 19.4. The standard InChI is InChI=1S/C19H15F3N4O/c20-19(21,22)15-3-1-2-12(10-15)11-25-16-8-9-24-18(26-16)14-6-4-13(5-7-14)17(23)27/h1-10H,11H2,(H2,23,27)(H,24,25,26). The number of primary amides is 1. The minimum atomic E-state index is -4.38. The van der Waals surface area contributed by atoms with Gasteiger partial charge in [-0.05, 0) is 35.9 Å². The highest BCUT2D eigenvalue weighted by Gasteiger charge is 2.30. The lowest BCUT2D eigenvalue weighted by atomic mass is 10.1. The van der Waals surface area contributed by atoms with E-state index in [1.807, 2.05) is 0 Å². The number of nitrogens with zero attached hydrogens (tertiary/aromatic N) is 2. The second-order valence-electron chi connectivity index (χ2n) is 5.76. The lowest BCUT2D eigenvalue weighted by Crippen LogP contribution is -2.10. The van der Waals surface area contributed by atoms with Crippen LogP contribution in [0.5, 0.6) is 0 Å². The van der Waals surface area contributed by atoms with Crippen molar-refractivity contribution in [3.05, 3.63) is 77.5 Å². The average Bonchev–Trinajstić information content (AvgIpc) is 2.66. The molecule has 0 saturated carbocycles. The number of nitrogens with two attached hydrogens (primary N) is 1. The molecule has 0 radical (unpaired) electrons. The van der Waals surface area contributed by atoms with Gasteiger partial charge in [-0.25, -0.2) is 9.97 Å². The third kappa shape index (κ3) is 4.60. The lowest BCUT2D eigenvalue weighted by molar-refractivity contribution is -0.137. The van der Waals surface area contributed by atoms with E-state index in [1.54, 1.807) is 42.6 Å². The number of rotatable bonds is 5. The van der Waals surface area contributed by atoms with Gasteiger partial charge in [0.05, 0.1) is 5.56 Å². The first kappa shape index (κ1) is 18.4. The highest BCUT2D eigenvalue weighted by Crippen LogP contribution is 2.29. The Morgan fingerprint density at radius 2 is 1.81 bits per heavy atom. The Morgan fingerprint density at radius 3 is 2.48 bits per heavy atom. The van der Waals surface area contributed by atoms with Crippen molar-refractivity contribution in [2.24, 2.45) is 5.73 Å². The molecule has 0 aliphatic rings. The van der Waals surface area contributed by atoms with Crippen LogP contribution in [0.1, 0.15) is 21.5 Å². The summed E-state index contributed by atoms with van der Waals surface area (Å²) in [5.41, 5.74) is 6.05. The van der Waals surface area contributed by atoms with Gasteiger partial charge in [0.15, 0.2) is 5.82 Å². The van der Waals surface area contributed by atoms with Crippen LogP contribution in [-0.4, -0.2) is 15.9 Å². The van der Waals surface area contributed by atoms with Crippen molar-refractivity contribution in [3.63, 3.8) is 0 Å². The number of aromatic nitrogens is 2. The summed E-state index contributed by atoms with van der Waals surface area (Å²) in [5, 5.41) is 2.99. The molecule has 3 rings (SSSR count). The maximum absolute atomic E-state index is 12.8. The molecule has 3 N–H and O–H groups in total. The number of nitrogens with one attached hydrogen (secondary N) is 1. The van der Waals surface area contributed by atoms with E-state index in [-0.39, 0.29) is 6.54 Å². The van der Waals surface area contributed by atoms with Crippen LogP contribution in [0.15, 0.2) is 60.8 Å². The Balaban J connectivity index is 1.74. The van der Waals surface area contributed by atoms with Gasteiger partial charge in [0.25, 0.3) is 0 Å². The number of carbonyl (C=O) groups excluding carboxylic acids is 1. The monoisotopic (exact) mass is 372 g/mol. The minimum absolute atomic E-state index is 0.182. The summed E-state index contributed by atoms with van der Waals surface area (Å²) in [7, 11) is 0. The number of anilines is 1. The molecule has 0 spiro atoms. The van der Waals surface area contributed by atoms with Crippen LogP contribution in [0.2, 0.25) is 0 Å². The van der Waals surface area contributed by atoms with Crippen molar-refractivity contribution < 1.29 is 18.0 Å². The van der Waals surface area contributed by atoms with Gasteiger partial charge in [0.1, 0.15) is 5.82 Å². The maximum atomic E-state index is 12.8. The molecule has 1 aromatic heterocycles. The summed E-state index contributed by atoms with van der Waals surface area (Å²) < 4.78 is 38.3.